The molecule has 0 bridgehead atoms. The fourth-order valence-electron chi connectivity index (χ4n) is 3.54. The molecule has 0 aromatic rings. The standard InChI is InChI=1S/C20H37NO3Si/c1-16(2)20(19(24-15-23-4)13-14-25(5,6)7)21(17(3)22)18-11-9-8-10-12-18/h16,18-20H,8-12,15H2,1-7H3/t19-,20-/m0/s1. The molecule has 0 heterocycles. The van der Waals surface area contributed by atoms with Crippen molar-refractivity contribution in [2.24, 2.45) is 5.92 Å². The van der Waals surface area contributed by atoms with Gasteiger partial charge in [-0.15, -0.1) is 5.54 Å². The molecule has 1 amide bonds. The molecule has 5 heteroatoms. The van der Waals surface area contributed by atoms with Gasteiger partial charge < -0.3 is 14.4 Å². The van der Waals surface area contributed by atoms with E-state index in [1.165, 1.54) is 19.3 Å². The summed E-state index contributed by atoms with van der Waals surface area (Å²) < 4.78 is 11.1. The maximum Gasteiger partial charge on any atom is 0.220 e. The number of nitrogens with zero attached hydrogens (tertiary/aromatic N) is 1. The topological polar surface area (TPSA) is 38.8 Å². The molecule has 0 saturated heterocycles. The Kier molecular flexibility index (Phi) is 9.19. The summed E-state index contributed by atoms with van der Waals surface area (Å²) in [6.07, 6.45) is 5.53. The first-order valence-electron chi connectivity index (χ1n) is 9.59. The summed E-state index contributed by atoms with van der Waals surface area (Å²) in [7, 11) is 0.0956. The lowest BCUT2D eigenvalue weighted by Gasteiger charge is -2.43. The van der Waals surface area contributed by atoms with Crippen LogP contribution in [0.15, 0.2) is 0 Å². The molecular weight excluding hydrogens is 330 g/mol. The van der Waals surface area contributed by atoms with E-state index in [-0.39, 0.29) is 30.8 Å². The smallest absolute Gasteiger partial charge is 0.220 e. The Hall–Kier alpha value is -0.833. The fraction of sp³-hybridized carbons (Fsp3) is 0.850. The van der Waals surface area contributed by atoms with Gasteiger partial charge in [0, 0.05) is 20.1 Å². The molecule has 0 N–H and O–H groups in total. The predicted octanol–water partition coefficient (Wildman–Crippen LogP) is 4.06. The molecular formula is C20H37NO3Si. The van der Waals surface area contributed by atoms with Gasteiger partial charge >= 0.3 is 0 Å². The first-order valence-corrected chi connectivity index (χ1v) is 13.1. The van der Waals surface area contributed by atoms with Crippen molar-refractivity contribution in [3.63, 3.8) is 0 Å². The van der Waals surface area contributed by atoms with Gasteiger partial charge in [0.05, 0.1) is 6.04 Å². The molecule has 0 aliphatic heterocycles. The largest absolute Gasteiger partial charge is 0.359 e. The fourth-order valence-corrected chi connectivity index (χ4v) is 4.12. The number of hydrogen-bond donors (Lipinski definition) is 0. The summed E-state index contributed by atoms with van der Waals surface area (Å²) in [5, 5.41) is 0. The van der Waals surface area contributed by atoms with Crippen LogP contribution in [0.3, 0.4) is 0 Å². The van der Waals surface area contributed by atoms with Crippen LogP contribution in [0.5, 0.6) is 0 Å². The lowest BCUT2D eigenvalue weighted by atomic mass is 9.89. The van der Waals surface area contributed by atoms with Gasteiger partial charge in [-0.3, -0.25) is 4.79 Å². The lowest BCUT2D eigenvalue weighted by Crippen LogP contribution is -2.55. The van der Waals surface area contributed by atoms with E-state index in [1.54, 1.807) is 14.0 Å². The monoisotopic (exact) mass is 367 g/mol. The van der Waals surface area contributed by atoms with E-state index >= 15 is 0 Å². The van der Waals surface area contributed by atoms with E-state index in [9.17, 15) is 4.79 Å². The molecule has 0 unspecified atom stereocenters. The minimum absolute atomic E-state index is 0.0420. The predicted molar refractivity (Wildman–Crippen MR) is 106 cm³/mol. The number of amides is 1. The Labute approximate surface area is 155 Å². The van der Waals surface area contributed by atoms with Gasteiger partial charge in [0.15, 0.2) is 0 Å². The summed E-state index contributed by atoms with van der Waals surface area (Å²) in [6.45, 7) is 12.9. The number of methoxy groups -OCH3 is 1. The summed E-state index contributed by atoms with van der Waals surface area (Å²) in [6, 6.07) is 0.264. The van der Waals surface area contributed by atoms with Crippen LogP contribution in [0.25, 0.3) is 0 Å². The summed E-state index contributed by atoms with van der Waals surface area (Å²) in [5.41, 5.74) is 3.43. The third-order valence-corrected chi connectivity index (χ3v) is 5.50. The van der Waals surface area contributed by atoms with Gasteiger partial charge in [0.1, 0.15) is 21.0 Å². The Morgan fingerprint density at radius 2 is 1.80 bits per heavy atom. The second-order valence-electron chi connectivity index (χ2n) is 8.47. The molecule has 0 spiro atoms. The maximum absolute atomic E-state index is 12.6. The second kappa shape index (κ2) is 10.3. The first kappa shape index (κ1) is 22.2. The molecule has 1 aliphatic carbocycles. The molecule has 1 fully saturated rings. The molecule has 0 radical (unpaired) electrons. The van der Waals surface area contributed by atoms with E-state index in [4.69, 9.17) is 9.47 Å². The van der Waals surface area contributed by atoms with Crippen LogP contribution in [0.1, 0.15) is 52.9 Å². The van der Waals surface area contributed by atoms with Crippen LogP contribution in [0.4, 0.5) is 0 Å². The van der Waals surface area contributed by atoms with E-state index in [0.717, 1.165) is 12.8 Å². The summed E-state index contributed by atoms with van der Waals surface area (Å²) >= 11 is 0. The zero-order valence-corrected chi connectivity index (χ0v) is 18.2. The van der Waals surface area contributed by atoms with Crippen LogP contribution in [0.2, 0.25) is 19.6 Å². The lowest BCUT2D eigenvalue weighted by molar-refractivity contribution is -0.144. The molecule has 1 rings (SSSR count). The molecule has 4 nitrogen and oxygen atoms in total. The third kappa shape index (κ3) is 7.51. The Bertz CT molecular complexity index is 470. The van der Waals surface area contributed by atoms with Crippen LogP contribution >= 0.6 is 0 Å². The molecule has 0 aromatic carbocycles. The highest BCUT2D eigenvalue weighted by Gasteiger charge is 2.36. The van der Waals surface area contributed by atoms with Gasteiger partial charge in [-0.1, -0.05) is 58.7 Å². The van der Waals surface area contributed by atoms with Gasteiger partial charge in [-0.25, -0.2) is 0 Å². The molecule has 144 valence electrons. The summed E-state index contributed by atoms with van der Waals surface area (Å²) in [5.74, 6) is 3.76. The van der Waals surface area contributed by atoms with Crippen LogP contribution in [-0.4, -0.2) is 51.0 Å². The molecule has 1 aliphatic rings. The second-order valence-corrected chi connectivity index (χ2v) is 13.2. The highest BCUT2D eigenvalue weighted by Crippen LogP contribution is 2.28. The van der Waals surface area contributed by atoms with Crippen molar-refractivity contribution in [2.75, 3.05) is 13.9 Å². The van der Waals surface area contributed by atoms with Crippen molar-refractivity contribution in [1.29, 1.82) is 0 Å². The van der Waals surface area contributed by atoms with Crippen LogP contribution in [0, 0.1) is 17.4 Å². The van der Waals surface area contributed by atoms with Crippen molar-refractivity contribution >= 4 is 14.0 Å². The minimum atomic E-state index is -1.53. The van der Waals surface area contributed by atoms with Crippen molar-refractivity contribution < 1.29 is 14.3 Å². The Morgan fingerprint density at radius 1 is 1.20 bits per heavy atom. The van der Waals surface area contributed by atoms with Gasteiger partial charge in [-0.2, -0.15) is 0 Å². The SMILES string of the molecule is COCO[C@@H](C#C[Si](C)(C)C)[C@H](C(C)C)N(C(C)=O)C1CCCCC1. The zero-order chi connectivity index (χ0) is 19.0. The average Bonchev–Trinajstić information content (AvgIpc) is 2.52. The van der Waals surface area contributed by atoms with Crippen molar-refractivity contribution in [3.8, 4) is 11.5 Å². The van der Waals surface area contributed by atoms with Crippen molar-refractivity contribution in [1.82, 2.24) is 4.90 Å². The number of rotatable bonds is 7. The third-order valence-electron chi connectivity index (χ3n) is 4.60. The van der Waals surface area contributed by atoms with E-state index in [2.05, 4.69) is 49.9 Å². The Morgan fingerprint density at radius 3 is 2.24 bits per heavy atom. The molecule has 25 heavy (non-hydrogen) atoms. The number of hydrogen-bond acceptors (Lipinski definition) is 3. The van der Waals surface area contributed by atoms with Gasteiger partial charge in [-0.05, 0) is 18.8 Å². The minimum Gasteiger partial charge on any atom is -0.359 e. The zero-order valence-electron chi connectivity index (χ0n) is 17.2. The molecule has 2 atom stereocenters. The van der Waals surface area contributed by atoms with E-state index in [0.29, 0.717) is 6.04 Å². The molecule has 1 saturated carbocycles. The molecule has 0 aromatic heterocycles. The average molecular weight is 368 g/mol. The first-order chi connectivity index (χ1) is 11.7. The maximum atomic E-state index is 12.6. The number of carbonyl (C=O) groups excluding carboxylic acids is 1. The quantitative estimate of drug-likeness (QED) is 0.387. The van der Waals surface area contributed by atoms with E-state index in [1.807, 2.05) is 0 Å². The van der Waals surface area contributed by atoms with Crippen molar-refractivity contribution in [3.05, 3.63) is 0 Å². The Balaban J connectivity index is 3.17. The number of ether oxygens (including phenoxy) is 2. The van der Waals surface area contributed by atoms with E-state index < -0.39 is 8.07 Å². The highest BCUT2D eigenvalue weighted by atomic mass is 28.3. The van der Waals surface area contributed by atoms with Gasteiger partial charge in [0.2, 0.25) is 5.91 Å². The van der Waals surface area contributed by atoms with Crippen molar-refractivity contribution in [2.45, 2.75) is 90.7 Å². The van der Waals surface area contributed by atoms with Crippen LogP contribution in [-0.2, 0) is 14.3 Å². The normalized spacial score (nSPS) is 18.4. The number of carbonyl (C=O) groups is 1. The van der Waals surface area contributed by atoms with Crippen LogP contribution < -0.4 is 0 Å². The summed E-state index contributed by atoms with van der Waals surface area (Å²) in [4.78, 5) is 14.6. The van der Waals surface area contributed by atoms with Gasteiger partial charge in [0.25, 0.3) is 0 Å². The highest BCUT2D eigenvalue weighted by molar-refractivity contribution is 6.83.